The Bertz CT molecular complexity index is 1130. The summed E-state index contributed by atoms with van der Waals surface area (Å²) in [6.45, 7) is 3.16. The van der Waals surface area contributed by atoms with Gasteiger partial charge in [0.1, 0.15) is 5.82 Å². The topological polar surface area (TPSA) is 79.4 Å². The van der Waals surface area contributed by atoms with E-state index in [0.29, 0.717) is 47.1 Å². The molecule has 0 spiro atoms. The molecule has 0 aliphatic carbocycles. The van der Waals surface area contributed by atoms with Gasteiger partial charge in [-0.15, -0.1) is 0 Å². The fourth-order valence-corrected chi connectivity index (χ4v) is 3.69. The van der Waals surface area contributed by atoms with Crippen LogP contribution in [0.25, 0.3) is 22.6 Å². The van der Waals surface area contributed by atoms with Gasteiger partial charge in [-0.05, 0) is 55.7 Å². The maximum absolute atomic E-state index is 13.0. The lowest BCUT2D eigenvalue weighted by molar-refractivity contribution is 0.310. The molecule has 1 aliphatic rings. The van der Waals surface area contributed by atoms with Gasteiger partial charge in [-0.3, -0.25) is 9.36 Å². The molecule has 0 unspecified atom stereocenters. The normalized spacial score (nSPS) is 14.9. The Balaban J connectivity index is 1.90. The molecule has 0 saturated heterocycles. The highest BCUT2D eigenvalue weighted by atomic mass is 16.5. The lowest BCUT2D eigenvalue weighted by Crippen LogP contribution is -2.27. The molecule has 0 atom stereocenters. The van der Waals surface area contributed by atoms with Crippen molar-refractivity contribution in [1.29, 1.82) is 0 Å². The summed E-state index contributed by atoms with van der Waals surface area (Å²) in [5, 5.41) is 0.593. The van der Waals surface area contributed by atoms with E-state index in [1.807, 2.05) is 31.2 Å². The Hall–Kier alpha value is -3.28. The van der Waals surface area contributed by atoms with E-state index in [0.717, 1.165) is 24.0 Å². The first-order chi connectivity index (χ1) is 13.6. The van der Waals surface area contributed by atoms with Crippen LogP contribution < -0.4 is 20.8 Å². The number of aromatic nitrogens is 2. The van der Waals surface area contributed by atoms with Gasteiger partial charge in [0.2, 0.25) is 0 Å². The van der Waals surface area contributed by atoms with Crippen LogP contribution in [0.4, 0.5) is 5.69 Å². The summed E-state index contributed by atoms with van der Waals surface area (Å²) < 4.78 is 13.0. The van der Waals surface area contributed by atoms with Crippen LogP contribution >= 0.6 is 0 Å². The van der Waals surface area contributed by atoms with Crippen molar-refractivity contribution < 1.29 is 9.47 Å². The predicted octanol–water partition coefficient (Wildman–Crippen LogP) is 3.72. The number of benzene rings is 2. The third kappa shape index (κ3) is 3.11. The van der Waals surface area contributed by atoms with Crippen LogP contribution in [0.3, 0.4) is 0 Å². The second-order valence-corrected chi connectivity index (χ2v) is 6.75. The van der Waals surface area contributed by atoms with Gasteiger partial charge >= 0.3 is 0 Å². The fraction of sp³-hybridized carbons (Fsp3) is 0.273. The number of nitrogens with zero attached hydrogens (tertiary/aromatic N) is 2. The Morgan fingerprint density at radius 1 is 1.29 bits per heavy atom. The van der Waals surface area contributed by atoms with Gasteiger partial charge in [-0.2, -0.15) is 0 Å². The maximum atomic E-state index is 13.0. The van der Waals surface area contributed by atoms with Gasteiger partial charge in [-0.1, -0.05) is 12.1 Å². The molecule has 0 radical (unpaired) electrons. The molecule has 1 aromatic heterocycles. The van der Waals surface area contributed by atoms with Crippen LogP contribution in [0.15, 0.2) is 41.2 Å². The third-order valence-corrected chi connectivity index (χ3v) is 4.94. The second kappa shape index (κ2) is 7.38. The minimum absolute atomic E-state index is 0.0272. The van der Waals surface area contributed by atoms with E-state index in [-0.39, 0.29) is 5.56 Å². The van der Waals surface area contributed by atoms with Crippen molar-refractivity contribution in [2.24, 2.45) is 0 Å². The quantitative estimate of drug-likeness (QED) is 0.701. The number of rotatable bonds is 4. The van der Waals surface area contributed by atoms with Crippen LogP contribution in [0.1, 0.15) is 31.2 Å². The lowest BCUT2D eigenvalue weighted by Gasteiger charge is -2.21. The van der Waals surface area contributed by atoms with Crippen molar-refractivity contribution in [3.05, 3.63) is 58.1 Å². The first-order valence-electron chi connectivity index (χ1n) is 9.43. The molecule has 1 aliphatic heterocycles. The Labute approximate surface area is 163 Å². The molecule has 2 aromatic carbocycles. The number of para-hydroxylation sites is 1. The number of nitrogens with two attached hydrogens (primary N) is 1. The summed E-state index contributed by atoms with van der Waals surface area (Å²) in [4.78, 5) is 17.7. The Kier molecular flexibility index (Phi) is 4.77. The van der Waals surface area contributed by atoms with E-state index in [2.05, 4.69) is 0 Å². The fourth-order valence-electron chi connectivity index (χ4n) is 3.69. The number of anilines is 1. The summed E-state index contributed by atoms with van der Waals surface area (Å²) in [6, 6.07) is 11.0. The molecule has 0 saturated carbocycles. The number of fused-ring (bicyclic) bond motifs is 2. The molecule has 0 bridgehead atoms. The Morgan fingerprint density at radius 3 is 2.93 bits per heavy atom. The zero-order chi connectivity index (χ0) is 19.7. The molecule has 4 rings (SSSR count). The van der Waals surface area contributed by atoms with Gasteiger partial charge in [0.05, 0.1) is 24.6 Å². The number of allylic oxidation sites excluding steroid dienone is 1. The van der Waals surface area contributed by atoms with Gasteiger partial charge < -0.3 is 15.2 Å². The van der Waals surface area contributed by atoms with Crippen molar-refractivity contribution in [3.8, 4) is 11.5 Å². The molecule has 6 nitrogen and oxygen atoms in total. The first-order valence-corrected chi connectivity index (χ1v) is 9.43. The number of hydrogen-bond acceptors (Lipinski definition) is 5. The predicted molar refractivity (Wildman–Crippen MR) is 112 cm³/mol. The van der Waals surface area contributed by atoms with E-state index in [1.54, 1.807) is 29.9 Å². The van der Waals surface area contributed by atoms with Crippen molar-refractivity contribution in [2.75, 3.05) is 19.5 Å². The van der Waals surface area contributed by atoms with Crippen LogP contribution in [-0.2, 0) is 6.54 Å². The summed E-state index contributed by atoms with van der Waals surface area (Å²) in [5.41, 5.74) is 8.99. The van der Waals surface area contributed by atoms with Gasteiger partial charge in [-0.25, -0.2) is 4.98 Å². The molecule has 2 heterocycles. The third-order valence-electron chi connectivity index (χ3n) is 4.94. The molecule has 3 aromatic rings. The van der Waals surface area contributed by atoms with Crippen molar-refractivity contribution in [3.63, 3.8) is 0 Å². The number of methoxy groups -OCH3 is 1. The molecular weight excluding hydrogens is 354 g/mol. The first kappa shape index (κ1) is 18.1. The minimum Gasteiger partial charge on any atom is -0.492 e. The molecule has 0 amide bonds. The highest BCUT2D eigenvalue weighted by Gasteiger charge is 2.20. The lowest BCUT2D eigenvalue weighted by atomic mass is 10.0. The van der Waals surface area contributed by atoms with Crippen LogP contribution in [-0.4, -0.2) is 23.3 Å². The standard InChI is InChI=1S/C22H23N3O3/c1-3-28-19-8-4-6-14(20(19)27-2)12-15-7-5-11-25-21(15)24-18-13-16(23)9-10-17(18)22(25)26/h4,6,8-10,12-13H,3,5,7,11,23H2,1-2H3. The monoisotopic (exact) mass is 377 g/mol. The van der Waals surface area contributed by atoms with E-state index in [4.69, 9.17) is 20.2 Å². The number of nitrogen functional groups attached to an aromatic ring is 1. The minimum atomic E-state index is -0.0272. The van der Waals surface area contributed by atoms with Crippen molar-refractivity contribution in [2.45, 2.75) is 26.3 Å². The number of hydrogen-bond donors (Lipinski definition) is 1. The zero-order valence-electron chi connectivity index (χ0n) is 16.1. The molecule has 28 heavy (non-hydrogen) atoms. The van der Waals surface area contributed by atoms with Gasteiger partial charge in [0.25, 0.3) is 5.56 Å². The SMILES string of the molecule is CCOc1cccc(C=C2CCCn3c2nc2cc(N)ccc2c3=O)c1OC. The average molecular weight is 377 g/mol. The van der Waals surface area contributed by atoms with E-state index in [1.165, 1.54) is 0 Å². The molecule has 2 N–H and O–H groups in total. The second-order valence-electron chi connectivity index (χ2n) is 6.75. The van der Waals surface area contributed by atoms with Crippen LogP contribution in [0.5, 0.6) is 11.5 Å². The van der Waals surface area contributed by atoms with Gasteiger partial charge in [0.15, 0.2) is 11.5 Å². The van der Waals surface area contributed by atoms with E-state index >= 15 is 0 Å². The zero-order valence-corrected chi connectivity index (χ0v) is 16.1. The number of ether oxygens (including phenoxy) is 2. The van der Waals surface area contributed by atoms with Crippen LogP contribution in [0.2, 0.25) is 0 Å². The van der Waals surface area contributed by atoms with Gasteiger partial charge in [0, 0.05) is 17.8 Å². The highest BCUT2D eigenvalue weighted by Crippen LogP contribution is 2.35. The largest absolute Gasteiger partial charge is 0.492 e. The highest BCUT2D eigenvalue weighted by molar-refractivity contribution is 5.86. The van der Waals surface area contributed by atoms with E-state index in [9.17, 15) is 4.79 Å². The molecule has 0 fully saturated rings. The Morgan fingerprint density at radius 2 is 2.14 bits per heavy atom. The average Bonchev–Trinajstić information content (AvgIpc) is 2.69. The summed E-state index contributed by atoms with van der Waals surface area (Å²) in [5.74, 6) is 2.08. The van der Waals surface area contributed by atoms with E-state index < -0.39 is 0 Å². The van der Waals surface area contributed by atoms with Crippen LogP contribution in [0, 0.1) is 0 Å². The summed E-state index contributed by atoms with van der Waals surface area (Å²) >= 11 is 0. The van der Waals surface area contributed by atoms with Crippen molar-refractivity contribution in [1.82, 2.24) is 9.55 Å². The summed E-state index contributed by atoms with van der Waals surface area (Å²) in [6.07, 6.45) is 3.76. The smallest absolute Gasteiger partial charge is 0.261 e. The molecule has 6 heteroatoms. The van der Waals surface area contributed by atoms with Crippen molar-refractivity contribution >= 4 is 28.2 Å². The molecular formula is C22H23N3O3. The maximum Gasteiger partial charge on any atom is 0.261 e. The summed E-state index contributed by atoms with van der Waals surface area (Å²) in [7, 11) is 1.63. The molecule has 144 valence electrons.